The molecular formula is C28H41N3O3. The molecule has 186 valence electrons. The number of fused-ring (bicyclic) bond motifs is 1. The smallest absolute Gasteiger partial charge is 0.146 e. The number of hydrogen-bond acceptors (Lipinski definition) is 5. The lowest BCUT2D eigenvalue weighted by molar-refractivity contribution is 0.302. The highest BCUT2D eigenvalue weighted by Gasteiger charge is 2.11. The molecule has 0 fully saturated rings. The van der Waals surface area contributed by atoms with Gasteiger partial charge in [0.25, 0.3) is 0 Å². The molecule has 2 aromatic carbocycles. The zero-order chi connectivity index (χ0) is 24.0. The van der Waals surface area contributed by atoms with Gasteiger partial charge in [0.1, 0.15) is 34.0 Å². The fourth-order valence-electron chi connectivity index (χ4n) is 3.97. The van der Waals surface area contributed by atoms with Gasteiger partial charge >= 0.3 is 0 Å². The molecule has 0 saturated carbocycles. The van der Waals surface area contributed by atoms with E-state index in [4.69, 9.17) is 9.47 Å². The number of ether oxygens (including phenoxy) is 2. The van der Waals surface area contributed by atoms with Crippen LogP contribution >= 0.6 is 0 Å². The van der Waals surface area contributed by atoms with Gasteiger partial charge in [0.15, 0.2) is 0 Å². The Hall–Kier alpha value is -2.76. The van der Waals surface area contributed by atoms with Crippen molar-refractivity contribution in [3.05, 3.63) is 36.4 Å². The highest BCUT2D eigenvalue weighted by Crippen LogP contribution is 2.27. The molecule has 6 nitrogen and oxygen atoms in total. The van der Waals surface area contributed by atoms with Gasteiger partial charge in [-0.25, -0.2) is 0 Å². The monoisotopic (exact) mass is 467 g/mol. The predicted molar refractivity (Wildman–Crippen MR) is 138 cm³/mol. The first-order valence-electron chi connectivity index (χ1n) is 13.2. The number of phenolic OH excluding ortho intramolecular Hbond substituents is 1. The number of rotatable bonds is 17. The second-order valence-corrected chi connectivity index (χ2v) is 9.02. The Morgan fingerprint density at radius 3 is 1.88 bits per heavy atom. The van der Waals surface area contributed by atoms with Crippen LogP contribution in [-0.4, -0.2) is 33.3 Å². The largest absolute Gasteiger partial charge is 0.505 e. The third-order valence-corrected chi connectivity index (χ3v) is 6.05. The summed E-state index contributed by atoms with van der Waals surface area (Å²) in [4.78, 5) is 1.46. The summed E-state index contributed by atoms with van der Waals surface area (Å²) in [6.45, 7) is 5.76. The zero-order valence-electron chi connectivity index (χ0n) is 21.0. The number of aromatic nitrogens is 3. The van der Waals surface area contributed by atoms with Gasteiger partial charge in [-0.05, 0) is 37.1 Å². The van der Waals surface area contributed by atoms with Gasteiger partial charge in [-0.1, -0.05) is 78.1 Å². The molecule has 1 heterocycles. The maximum absolute atomic E-state index is 10.5. The van der Waals surface area contributed by atoms with Gasteiger partial charge in [-0.15, -0.1) is 15.0 Å². The van der Waals surface area contributed by atoms with Crippen LogP contribution in [-0.2, 0) is 0 Å². The van der Waals surface area contributed by atoms with E-state index >= 15 is 0 Å². The molecule has 3 aromatic rings. The molecule has 1 aromatic heterocycles. The highest BCUT2D eigenvalue weighted by molar-refractivity contribution is 5.75. The lowest BCUT2D eigenvalue weighted by Gasteiger charge is -2.09. The maximum atomic E-state index is 10.5. The molecule has 0 unspecified atom stereocenters. The van der Waals surface area contributed by atoms with Gasteiger partial charge in [0, 0.05) is 12.1 Å². The first-order chi connectivity index (χ1) is 16.7. The van der Waals surface area contributed by atoms with Gasteiger partial charge in [-0.3, -0.25) is 0 Å². The van der Waals surface area contributed by atoms with Crippen molar-refractivity contribution >= 4 is 11.0 Å². The third-order valence-electron chi connectivity index (χ3n) is 6.05. The number of hydrogen-bond donors (Lipinski definition) is 1. The molecule has 3 rings (SSSR count). The summed E-state index contributed by atoms with van der Waals surface area (Å²) in [5.74, 6) is 1.55. The van der Waals surface area contributed by atoms with Gasteiger partial charge in [-0.2, -0.15) is 0 Å². The van der Waals surface area contributed by atoms with E-state index in [1.165, 1.54) is 62.6 Å². The summed E-state index contributed by atoms with van der Waals surface area (Å²) in [6, 6.07) is 11.0. The molecule has 0 spiro atoms. The van der Waals surface area contributed by atoms with Crippen molar-refractivity contribution in [2.45, 2.75) is 90.9 Å². The second-order valence-electron chi connectivity index (χ2n) is 9.02. The van der Waals surface area contributed by atoms with E-state index in [1.807, 2.05) is 24.3 Å². The third kappa shape index (κ3) is 8.23. The van der Waals surface area contributed by atoms with Crippen molar-refractivity contribution in [3.63, 3.8) is 0 Å². The summed E-state index contributed by atoms with van der Waals surface area (Å²) in [5.41, 5.74) is 2.01. The standard InChI is InChI=1S/C28H41N3O3/c1-3-5-7-8-9-10-11-12-13-14-20-34-24-16-18-27(28(32)22-24)31-29-25-17-15-23(21-26(25)30-31)33-19-6-4-2/h15-18,21-22,32H,3-14,19-20H2,1-2H3. The van der Waals surface area contributed by atoms with Crippen LogP contribution < -0.4 is 9.47 Å². The van der Waals surface area contributed by atoms with Crippen molar-refractivity contribution in [1.29, 1.82) is 0 Å². The normalized spacial score (nSPS) is 11.2. The SMILES string of the molecule is CCCCCCCCCCCCOc1ccc(-n2nc3ccc(OCCCC)cc3n2)c(O)c1. The Kier molecular flexibility index (Phi) is 11.0. The average Bonchev–Trinajstić information content (AvgIpc) is 3.26. The van der Waals surface area contributed by atoms with Crippen LogP contribution in [0.3, 0.4) is 0 Å². The summed E-state index contributed by atoms with van der Waals surface area (Å²) in [6.07, 6.45) is 15.1. The Morgan fingerprint density at radius 2 is 1.21 bits per heavy atom. The van der Waals surface area contributed by atoms with Crippen LogP contribution in [0.1, 0.15) is 90.9 Å². The van der Waals surface area contributed by atoms with Gasteiger partial charge in [0.2, 0.25) is 0 Å². The minimum absolute atomic E-state index is 0.0975. The lowest BCUT2D eigenvalue weighted by Crippen LogP contribution is -2.01. The molecule has 0 saturated heterocycles. The Bertz CT molecular complexity index is 986. The number of nitrogens with zero attached hydrogens (tertiary/aromatic N) is 3. The summed E-state index contributed by atoms with van der Waals surface area (Å²) in [5, 5.41) is 19.5. The van der Waals surface area contributed by atoms with Gasteiger partial charge in [0.05, 0.1) is 13.2 Å². The average molecular weight is 468 g/mol. The second kappa shape index (κ2) is 14.5. The van der Waals surface area contributed by atoms with Crippen molar-refractivity contribution in [1.82, 2.24) is 15.0 Å². The van der Waals surface area contributed by atoms with E-state index in [-0.39, 0.29) is 5.75 Å². The topological polar surface area (TPSA) is 69.4 Å². The highest BCUT2D eigenvalue weighted by atomic mass is 16.5. The molecule has 0 radical (unpaired) electrons. The van der Waals surface area contributed by atoms with Crippen LogP contribution in [0.25, 0.3) is 16.7 Å². The Labute approximate surface area is 204 Å². The molecule has 0 aliphatic rings. The van der Waals surface area contributed by atoms with Crippen LogP contribution in [0.2, 0.25) is 0 Å². The predicted octanol–water partition coefficient (Wildman–Crippen LogP) is 7.60. The number of phenols is 1. The molecule has 0 aliphatic carbocycles. The van der Waals surface area contributed by atoms with Crippen molar-refractivity contribution in [2.24, 2.45) is 0 Å². The Balaban J connectivity index is 1.42. The minimum Gasteiger partial charge on any atom is -0.505 e. The minimum atomic E-state index is 0.0975. The molecule has 0 atom stereocenters. The van der Waals surface area contributed by atoms with Crippen molar-refractivity contribution in [2.75, 3.05) is 13.2 Å². The van der Waals surface area contributed by atoms with Crippen LogP contribution in [0.4, 0.5) is 0 Å². The number of benzene rings is 2. The van der Waals surface area contributed by atoms with Crippen molar-refractivity contribution < 1.29 is 14.6 Å². The van der Waals surface area contributed by atoms with E-state index in [1.54, 1.807) is 12.1 Å². The van der Waals surface area contributed by atoms with Crippen LogP contribution in [0, 0.1) is 0 Å². The molecule has 1 N–H and O–H groups in total. The number of unbranched alkanes of at least 4 members (excludes halogenated alkanes) is 10. The van der Waals surface area contributed by atoms with Crippen molar-refractivity contribution in [3.8, 4) is 22.9 Å². The zero-order valence-corrected chi connectivity index (χ0v) is 21.0. The van der Waals surface area contributed by atoms with E-state index < -0.39 is 0 Å². The first kappa shape index (κ1) is 25.9. The summed E-state index contributed by atoms with van der Waals surface area (Å²) < 4.78 is 11.6. The first-order valence-corrected chi connectivity index (χ1v) is 13.2. The van der Waals surface area contributed by atoms with Gasteiger partial charge < -0.3 is 14.6 Å². The van der Waals surface area contributed by atoms with E-state index in [2.05, 4.69) is 24.0 Å². The number of aromatic hydroxyl groups is 1. The summed E-state index contributed by atoms with van der Waals surface area (Å²) >= 11 is 0. The molecular weight excluding hydrogens is 426 g/mol. The fraction of sp³-hybridized carbons (Fsp3) is 0.571. The van der Waals surface area contributed by atoms with Crippen LogP contribution in [0.5, 0.6) is 17.2 Å². The Morgan fingerprint density at radius 1 is 0.647 bits per heavy atom. The van der Waals surface area contributed by atoms with E-state index in [0.29, 0.717) is 24.7 Å². The molecule has 0 amide bonds. The van der Waals surface area contributed by atoms with Crippen LogP contribution in [0.15, 0.2) is 36.4 Å². The lowest BCUT2D eigenvalue weighted by atomic mass is 10.1. The van der Waals surface area contributed by atoms with E-state index in [0.717, 1.165) is 36.0 Å². The maximum Gasteiger partial charge on any atom is 0.146 e. The van der Waals surface area contributed by atoms with E-state index in [9.17, 15) is 5.11 Å². The molecule has 34 heavy (non-hydrogen) atoms. The quantitative estimate of drug-likeness (QED) is 0.207. The molecule has 0 aliphatic heterocycles. The molecule has 0 bridgehead atoms. The fourth-order valence-corrected chi connectivity index (χ4v) is 3.97. The summed E-state index contributed by atoms with van der Waals surface area (Å²) in [7, 11) is 0. The molecule has 6 heteroatoms.